The maximum atomic E-state index is 13.4. The summed E-state index contributed by atoms with van der Waals surface area (Å²) >= 11 is 6.23. The molecule has 0 amide bonds. The normalized spacial score (nSPS) is 19.3. The number of Topliss-reactive ketones (excluding diaryl/α,β-unsaturated/α-hetero) is 1. The van der Waals surface area contributed by atoms with Crippen LogP contribution in [0.1, 0.15) is 23.1 Å². The van der Waals surface area contributed by atoms with E-state index in [2.05, 4.69) is 0 Å². The fourth-order valence-electron chi connectivity index (χ4n) is 4.70. The molecule has 1 unspecified atom stereocenters. The zero-order valence-electron chi connectivity index (χ0n) is 19.3. The van der Waals surface area contributed by atoms with Crippen molar-refractivity contribution >= 4 is 29.1 Å². The zero-order chi connectivity index (χ0) is 24.5. The summed E-state index contributed by atoms with van der Waals surface area (Å²) in [6.07, 6.45) is 4.23. The van der Waals surface area contributed by atoms with Gasteiger partial charge in [-0.25, -0.2) is 4.79 Å². The van der Waals surface area contributed by atoms with E-state index in [1.807, 2.05) is 18.2 Å². The van der Waals surface area contributed by atoms with E-state index in [1.165, 1.54) is 19.1 Å². The second kappa shape index (κ2) is 9.52. The molecule has 8 heteroatoms. The van der Waals surface area contributed by atoms with E-state index in [4.69, 9.17) is 25.8 Å². The summed E-state index contributed by atoms with van der Waals surface area (Å²) < 4.78 is 16.1. The average Bonchev–Trinajstić information content (AvgIpc) is 2.99. The predicted octanol–water partition coefficient (Wildman–Crippen LogP) is 3.56. The van der Waals surface area contributed by atoms with Crippen LogP contribution in [-0.2, 0) is 27.2 Å². The molecule has 34 heavy (non-hydrogen) atoms. The third-order valence-electron chi connectivity index (χ3n) is 6.41. The Kier molecular flexibility index (Phi) is 6.68. The summed E-state index contributed by atoms with van der Waals surface area (Å²) in [5, 5.41) is 11.2. The lowest BCUT2D eigenvalue weighted by Crippen LogP contribution is -2.56. The Morgan fingerprint density at radius 3 is 2.59 bits per heavy atom. The summed E-state index contributed by atoms with van der Waals surface area (Å²) in [6.45, 7) is -0.522. The first-order chi connectivity index (χ1) is 16.4. The van der Waals surface area contributed by atoms with Crippen LogP contribution in [0.5, 0.6) is 11.5 Å². The van der Waals surface area contributed by atoms with Gasteiger partial charge in [0.2, 0.25) is 0 Å². The Bertz CT molecular complexity index is 1200. The molecule has 1 atom stereocenters. The molecule has 7 nitrogen and oxygen atoms in total. The number of ether oxygens (including phenoxy) is 3. The third kappa shape index (κ3) is 3.95. The number of nitrogens with zero attached hydrogens (tertiary/aromatic N) is 1. The first-order valence-electron chi connectivity index (χ1n) is 10.8. The van der Waals surface area contributed by atoms with Gasteiger partial charge in [-0.1, -0.05) is 29.8 Å². The van der Waals surface area contributed by atoms with Crippen molar-refractivity contribution in [3.05, 3.63) is 75.8 Å². The second-order valence-corrected chi connectivity index (χ2v) is 8.60. The molecule has 2 aromatic rings. The first-order valence-corrected chi connectivity index (χ1v) is 11.2. The van der Waals surface area contributed by atoms with Gasteiger partial charge in [-0.15, -0.1) is 0 Å². The van der Waals surface area contributed by atoms with Crippen molar-refractivity contribution in [2.45, 2.75) is 24.8 Å². The zero-order valence-corrected chi connectivity index (χ0v) is 20.0. The average molecular weight is 484 g/mol. The van der Waals surface area contributed by atoms with Crippen molar-refractivity contribution in [1.82, 2.24) is 4.90 Å². The molecule has 2 aromatic carbocycles. The fourth-order valence-corrected chi connectivity index (χ4v) is 4.89. The number of aryl methyl sites for hydroxylation is 1. The standard InChI is InChI=1S/C26H26ClNO6/c1-32-19-7-4-17(23(13-19)33-2)14-26(25(31)34-3)11-10-21-22(30)9-5-16-12-18(27)6-8-20(16)24(21)28(26)15-29/h4,6-8,10-13,29H,5,9,14-15H2,1-3H3. The molecule has 0 spiro atoms. The van der Waals surface area contributed by atoms with Crippen LogP contribution in [0.25, 0.3) is 5.70 Å². The van der Waals surface area contributed by atoms with Crippen molar-refractivity contribution in [2.75, 3.05) is 28.1 Å². The van der Waals surface area contributed by atoms with Gasteiger partial charge >= 0.3 is 5.97 Å². The molecule has 0 bridgehead atoms. The molecule has 0 radical (unpaired) electrons. The van der Waals surface area contributed by atoms with Gasteiger partial charge in [0.15, 0.2) is 11.3 Å². The lowest BCUT2D eigenvalue weighted by Gasteiger charge is -2.44. The Morgan fingerprint density at radius 1 is 1.12 bits per heavy atom. The SMILES string of the molecule is COC(=O)C1(Cc2ccc(OC)cc2OC)C=CC2=C(c3ccc(Cl)cc3CCC2=O)N1CO. The highest BCUT2D eigenvalue weighted by molar-refractivity contribution is 6.30. The molecule has 1 heterocycles. The van der Waals surface area contributed by atoms with E-state index in [0.717, 1.165) is 11.1 Å². The predicted molar refractivity (Wildman–Crippen MR) is 128 cm³/mol. The van der Waals surface area contributed by atoms with E-state index in [1.54, 1.807) is 37.5 Å². The summed E-state index contributed by atoms with van der Waals surface area (Å²) in [5.74, 6) is 0.487. The minimum atomic E-state index is -1.42. The number of aliphatic hydroxyl groups is 1. The van der Waals surface area contributed by atoms with Gasteiger partial charge in [-0.3, -0.25) is 4.79 Å². The van der Waals surface area contributed by atoms with Gasteiger partial charge in [-0.2, -0.15) is 0 Å². The van der Waals surface area contributed by atoms with Crippen molar-refractivity contribution in [3.8, 4) is 11.5 Å². The summed E-state index contributed by atoms with van der Waals surface area (Å²) in [7, 11) is 4.39. The molecule has 0 saturated carbocycles. The number of hydrogen-bond donors (Lipinski definition) is 1. The van der Waals surface area contributed by atoms with E-state index < -0.39 is 18.2 Å². The summed E-state index contributed by atoms with van der Waals surface area (Å²) in [4.78, 5) is 28.0. The lowest BCUT2D eigenvalue weighted by molar-refractivity contribution is -0.152. The van der Waals surface area contributed by atoms with Crippen molar-refractivity contribution < 1.29 is 28.9 Å². The number of carbonyl (C=O) groups is 2. The Balaban J connectivity index is 1.91. The quantitative estimate of drug-likeness (QED) is 0.629. The van der Waals surface area contributed by atoms with E-state index in [9.17, 15) is 14.7 Å². The number of methoxy groups -OCH3 is 3. The number of hydrogen-bond acceptors (Lipinski definition) is 7. The van der Waals surface area contributed by atoms with Crippen LogP contribution in [0.15, 0.2) is 54.1 Å². The number of allylic oxidation sites excluding steroid dienone is 2. The molecular weight excluding hydrogens is 458 g/mol. The van der Waals surface area contributed by atoms with Gasteiger partial charge in [0.25, 0.3) is 0 Å². The first kappa shape index (κ1) is 23.9. The fraction of sp³-hybridized carbons (Fsp3) is 0.308. The number of halogens is 1. The number of benzene rings is 2. The number of fused-ring (bicyclic) bond motifs is 2. The van der Waals surface area contributed by atoms with Crippen LogP contribution in [0.4, 0.5) is 0 Å². The topological polar surface area (TPSA) is 85.3 Å². The second-order valence-electron chi connectivity index (χ2n) is 8.16. The highest BCUT2D eigenvalue weighted by Gasteiger charge is 2.48. The van der Waals surface area contributed by atoms with Gasteiger partial charge in [0.05, 0.1) is 27.0 Å². The van der Waals surface area contributed by atoms with E-state index in [0.29, 0.717) is 46.2 Å². The maximum absolute atomic E-state index is 13.4. The van der Waals surface area contributed by atoms with Crippen LogP contribution in [0.3, 0.4) is 0 Å². The van der Waals surface area contributed by atoms with Gasteiger partial charge in [-0.05, 0) is 41.8 Å². The largest absolute Gasteiger partial charge is 0.497 e. The minimum Gasteiger partial charge on any atom is -0.497 e. The van der Waals surface area contributed by atoms with Crippen LogP contribution >= 0.6 is 11.6 Å². The summed E-state index contributed by atoms with van der Waals surface area (Å²) in [6, 6.07) is 10.7. The Labute approximate surface area is 203 Å². The Hall–Kier alpha value is -3.29. The molecule has 1 aliphatic heterocycles. The third-order valence-corrected chi connectivity index (χ3v) is 6.65. The maximum Gasteiger partial charge on any atom is 0.336 e. The van der Waals surface area contributed by atoms with Crippen molar-refractivity contribution in [2.24, 2.45) is 0 Å². The molecular formula is C26H26ClNO6. The van der Waals surface area contributed by atoms with Crippen LogP contribution in [0, 0.1) is 0 Å². The Morgan fingerprint density at radius 2 is 1.91 bits per heavy atom. The van der Waals surface area contributed by atoms with Crippen LogP contribution < -0.4 is 9.47 Å². The van der Waals surface area contributed by atoms with Gasteiger partial charge < -0.3 is 24.2 Å². The number of carbonyl (C=O) groups excluding carboxylic acids is 2. The molecule has 0 fully saturated rings. The number of esters is 1. The molecule has 0 aromatic heterocycles. The van der Waals surface area contributed by atoms with E-state index >= 15 is 0 Å². The smallest absolute Gasteiger partial charge is 0.336 e. The van der Waals surface area contributed by atoms with Gasteiger partial charge in [0, 0.05) is 35.1 Å². The van der Waals surface area contributed by atoms with Crippen molar-refractivity contribution in [1.29, 1.82) is 0 Å². The van der Waals surface area contributed by atoms with E-state index in [-0.39, 0.29) is 12.2 Å². The molecule has 4 rings (SSSR count). The van der Waals surface area contributed by atoms with Crippen LogP contribution in [0.2, 0.25) is 5.02 Å². The minimum absolute atomic E-state index is 0.0717. The number of rotatable bonds is 6. The molecule has 178 valence electrons. The number of aliphatic hydroxyl groups excluding tert-OH is 1. The van der Waals surface area contributed by atoms with Crippen LogP contribution in [-0.4, -0.2) is 55.4 Å². The van der Waals surface area contributed by atoms with Gasteiger partial charge in [0.1, 0.15) is 18.2 Å². The number of ketones is 1. The molecule has 0 saturated heterocycles. The molecule has 1 aliphatic carbocycles. The van der Waals surface area contributed by atoms with Crippen molar-refractivity contribution in [3.63, 3.8) is 0 Å². The highest BCUT2D eigenvalue weighted by atomic mass is 35.5. The monoisotopic (exact) mass is 483 g/mol. The molecule has 1 N–H and O–H groups in total. The summed E-state index contributed by atoms with van der Waals surface area (Å²) in [5.41, 5.74) is 1.83. The highest BCUT2D eigenvalue weighted by Crippen LogP contribution is 2.43. The lowest BCUT2D eigenvalue weighted by atomic mass is 9.82. The molecule has 2 aliphatic rings.